The topological polar surface area (TPSA) is 92.7 Å². The quantitative estimate of drug-likeness (QED) is 0.825. The van der Waals surface area contributed by atoms with E-state index in [4.69, 9.17) is 9.84 Å². The second-order valence-electron chi connectivity index (χ2n) is 4.09. The van der Waals surface area contributed by atoms with Crippen molar-refractivity contribution in [1.82, 2.24) is 4.72 Å². The van der Waals surface area contributed by atoms with Crippen LogP contribution in [0, 0.1) is 6.92 Å². The number of benzene rings is 1. The van der Waals surface area contributed by atoms with Crippen molar-refractivity contribution >= 4 is 16.0 Å². The molecule has 2 rings (SSSR count). The van der Waals surface area contributed by atoms with Crippen molar-refractivity contribution in [3.63, 3.8) is 0 Å². The third-order valence-corrected chi connectivity index (χ3v) is 4.43. The van der Waals surface area contributed by atoms with Gasteiger partial charge in [0.15, 0.2) is 0 Å². The average Bonchev–Trinajstić information content (AvgIpc) is 2.23. The van der Waals surface area contributed by atoms with Crippen LogP contribution in [0.3, 0.4) is 0 Å². The highest BCUT2D eigenvalue weighted by Gasteiger charge is 2.27. The molecular weight excluding hydrogens is 258 g/mol. The van der Waals surface area contributed by atoms with Gasteiger partial charge in [-0.15, -0.1) is 0 Å². The predicted octanol–water partition coefficient (Wildman–Crippen LogP) is 0.370. The molecule has 1 aliphatic heterocycles. The molecule has 0 unspecified atom stereocenters. The van der Waals surface area contributed by atoms with Gasteiger partial charge in [-0.1, -0.05) is 6.07 Å². The maximum absolute atomic E-state index is 12.1. The van der Waals surface area contributed by atoms with Gasteiger partial charge < -0.3 is 9.84 Å². The zero-order valence-electron chi connectivity index (χ0n) is 9.71. The Kier molecular flexibility index (Phi) is 3.38. The highest BCUT2D eigenvalue weighted by Crippen LogP contribution is 2.19. The van der Waals surface area contributed by atoms with Crippen molar-refractivity contribution in [3.8, 4) is 0 Å². The first-order valence-electron chi connectivity index (χ1n) is 5.35. The summed E-state index contributed by atoms with van der Waals surface area (Å²) < 4.78 is 31.5. The van der Waals surface area contributed by atoms with Crippen LogP contribution in [0.1, 0.15) is 15.9 Å². The number of rotatable bonds is 4. The molecule has 1 heterocycles. The molecule has 0 amide bonds. The van der Waals surface area contributed by atoms with Gasteiger partial charge in [-0.05, 0) is 24.6 Å². The number of aromatic carboxylic acids is 1. The maximum atomic E-state index is 12.1. The van der Waals surface area contributed by atoms with Crippen LogP contribution in [0.5, 0.6) is 0 Å². The lowest BCUT2D eigenvalue weighted by Gasteiger charge is -2.26. The molecule has 6 nitrogen and oxygen atoms in total. The standard InChI is InChI=1S/C11H13NO5S/c1-7-9(11(13)14)3-2-4-10(7)18(15,16)12-8-5-17-6-8/h2-4,8,12H,5-6H2,1H3,(H,13,14). The summed E-state index contributed by atoms with van der Waals surface area (Å²) >= 11 is 0. The number of nitrogens with one attached hydrogen (secondary N) is 1. The Labute approximate surface area is 105 Å². The van der Waals surface area contributed by atoms with Gasteiger partial charge >= 0.3 is 5.97 Å². The lowest BCUT2D eigenvalue weighted by molar-refractivity contribution is 0.00481. The number of sulfonamides is 1. The Morgan fingerprint density at radius 2 is 2.11 bits per heavy atom. The molecule has 98 valence electrons. The number of hydrogen-bond acceptors (Lipinski definition) is 4. The summed E-state index contributed by atoms with van der Waals surface area (Å²) in [5.74, 6) is -1.14. The number of carboxylic acids is 1. The van der Waals surface area contributed by atoms with Crippen LogP contribution in [-0.4, -0.2) is 38.7 Å². The first kappa shape index (κ1) is 13.0. The normalized spacial score (nSPS) is 16.3. The van der Waals surface area contributed by atoms with Crippen molar-refractivity contribution in [2.45, 2.75) is 17.9 Å². The van der Waals surface area contributed by atoms with Crippen molar-refractivity contribution in [3.05, 3.63) is 29.3 Å². The lowest BCUT2D eigenvalue weighted by Crippen LogP contribution is -2.48. The number of carbonyl (C=O) groups is 1. The summed E-state index contributed by atoms with van der Waals surface area (Å²) in [6.07, 6.45) is 0. The average molecular weight is 271 g/mol. The minimum absolute atomic E-state index is 0.00528. The van der Waals surface area contributed by atoms with Crippen LogP contribution in [0.2, 0.25) is 0 Å². The number of ether oxygens (including phenoxy) is 1. The maximum Gasteiger partial charge on any atom is 0.335 e. The first-order chi connectivity index (χ1) is 8.42. The van der Waals surface area contributed by atoms with E-state index in [0.29, 0.717) is 13.2 Å². The molecule has 7 heteroatoms. The van der Waals surface area contributed by atoms with Gasteiger partial charge in [0.1, 0.15) is 0 Å². The minimum Gasteiger partial charge on any atom is -0.478 e. The van der Waals surface area contributed by atoms with Crippen LogP contribution in [0.4, 0.5) is 0 Å². The molecule has 18 heavy (non-hydrogen) atoms. The molecule has 1 aliphatic rings. The molecule has 2 N–H and O–H groups in total. The molecule has 0 saturated carbocycles. The molecule has 0 bridgehead atoms. The first-order valence-corrected chi connectivity index (χ1v) is 6.83. The lowest BCUT2D eigenvalue weighted by atomic mass is 10.1. The van der Waals surface area contributed by atoms with Crippen molar-refractivity contribution in [2.24, 2.45) is 0 Å². The second-order valence-corrected chi connectivity index (χ2v) is 5.77. The van der Waals surface area contributed by atoms with Gasteiger partial charge in [-0.25, -0.2) is 17.9 Å². The molecule has 1 aromatic rings. The van der Waals surface area contributed by atoms with Gasteiger partial charge in [-0.2, -0.15) is 0 Å². The molecule has 0 aliphatic carbocycles. The van der Waals surface area contributed by atoms with E-state index in [2.05, 4.69) is 4.72 Å². The van der Waals surface area contributed by atoms with Gasteiger partial charge in [0, 0.05) is 0 Å². The Morgan fingerprint density at radius 1 is 1.44 bits per heavy atom. The van der Waals surface area contributed by atoms with Gasteiger partial charge in [0.25, 0.3) is 0 Å². The Bertz CT molecular complexity index is 577. The summed E-state index contributed by atoms with van der Waals surface area (Å²) in [4.78, 5) is 10.9. The zero-order chi connectivity index (χ0) is 13.3. The van der Waals surface area contributed by atoms with E-state index in [1.165, 1.54) is 25.1 Å². The monoisotopic (exact) mass is 271 g/mol. The summed E-state index contributed by atoms with van der Waals surface area (Å²) in [6, 6.07) is 3.96. The summed E-state index contributed by atoms with van der Waals surface area (Å²) in [5.41, 5.74) is 0.223. The van der Waals surface area contributed by atoms with Crippen LogP contribution >= 0.6 is 0 Å². The zero-order valence-corrected chi connectivity index (χ0v) is 10.5. The largest absolute Gasteiger partial charge is 0.478 e. The van der Waals surface area contributed by atoms with Gasteiger partial charge in [-0.3, -0.25) is 0 Å². The third-order valence-electron chi connectivity index (χ3n) is 2.76. The van der Waals surface area contributed by atoms with E-state index in [1.54, 1.807) is 0 Å². The van der Waals surface area contributed by atoms with E-state index in [0.717, 1.165) is 0 Å². The molecule has 1 saturated heterocycles. The fourth-order valence-corrected chi connectivity index (χ4v) is 3.20. The summed E-state index contributed by atoms with van der Waals surface area (Å²) in [7, 11) is -3.70. The van der Waals surface area contributed by atoms with Crippen molar-refractivity contribution in [1.29, 1.82) is 0 Å². The highest BCUT2D eigenvalue weighted by molar-refractivity contribution is 7.89. The van der Waals surface area contributed by atoms with Gasteiger partial charge in [0.2, 0.25) is 10.0 Å². The molecular formula is C11H13NO5S. The smallest absolute Gasteiger partial charge is 0.335 e. The highest BCUT2D eigenvalue weighted by atomic mass is 32.2. The van der Waals surface area contributed by atoms with E-state index in [9.17, 15) is 13.2 Å². The molecule has 0 spiro atoms. The van der Waals surface area contributed by atoms with Crippen molar-refractivity contribution in [2.75, 3.05) is 13.2 Å². The van der Waals surface area contributed by atoms with E-state index >= 15 is 0 Å². The summed E-state index contributed by atoms with van der Waals surface area (Å²) in [6.45, 7) is 2.17. The molecule has 1 aromatic carbocycles. The molecule has 0 aromatic heterocycles. The predicted molar refractivity (Wildman–Crippen MR) is 63.1 cm³/mol. The van der Waals surface area contributed by atoms with E-state index in [-0.39, 0.29) is 22.1 Å². The van der Waals surface area contributed by atoms with Crippen LogP contribution in [0.25, 0.3) is 0 Å². The Hall–Kier alpha value is -1.44. The number of carboxylic acid groups (broad SMARTS) is 1. The fourth-order valence-electron chi connectivity index (χ4n) is 1.72. The Morgan fingerprint density at radius 3 is 2.61 bits per heavy atom. The minimum atomic E-state index is -3.70. The van der Waals surface area contributed by atoms with Gasteiger partial charge in [0.05, 0.1) is 29.7 Å². The molecule has 0 atom stereocenters. The van der Waals surface area contributed by atoms with Crippen molar-refractivity contribution < 1.29 is 23.1 Å². The Balaban J connectivity index is 2.37. The van der Waals surface area contributed by atoms with Crippen LogP contribution in [-0.2, 0) is 14.8 Å². The van der Waals surface area contributed by atoms with Crippen LogP contribution < -0.4 is 4.72 Å². The third kappa shape index (κ3) is 2.38. The van der Waals surface area contributed by atoms with E-state index < -0.39 is 16.0 Å². The SMILES string of the molecule is Cc1c(C(=O)O)cccc1S(=O)(=O)NC1COC1. The number of hydrogen-bond donors (Lipinski definition) is 2. The fraction of sp³-hybridized carbons (Fsp3) is 0.364. The molecule has 1 fully saturated rings. The van der Waals surface area contributed by atoms with E-state index in [1.807, 2.05) is 0 Å². The molecule has 0 radical (unpaired) electrons. The van der Waals surface area contributed by atoms with Crippen LogP contribution in [0.15, 0.2) is 23.1 Å². The second kappa shape index (κ2) is 4.68. The summed E-state index contributed by atoms with van der Waals surface area (Å²) in [5, 5.41) is 8.96.